The Morgan fingerprint density at radius 3 is 2.96 bits per heavy atom. The standard InChI is InChI=1S/C18H18N4O4S/c1-12(14-4-3-5-16(7-14)26-2)20-18(23)17-6-13(11-27-17)9-21-10-15(8-19-21)22(24)25/h3-8,10-12H,9H2,1-2H3,(H,20,23). The molecule has 0 saturated heterocycles. The fraction of sp³-hybridized carbons (Fsp3) is 0.222. The minimum atomic E-state index is -0.490. The van der Waals surface area contributed by atoms with Crippen molar-refractivity contribution in [3.63, 3.8) is 0 Å². The van der Waals surface area contributed by atoms with Gasteiger partial charge in [-0.25, -0.2) is 0 Å². The Bertz CT molecular complexity index is 966. The van der Waals surface area contributed by atoms with E-state index < -0.39 is 4.92 Å². The van der Waals surface area contributed by atoms with Gasteiger partial charge in [-0.15, -0.1) is 11.3 Å². The van der Waals surface area contributed by atoms with Gasteiger partial charge < -0.3 is 10.1 Å². The SMILES string of the molecule is COc1cccc(C(C)NC(=O)c2cc(Cn3cc([N+](=O)[O-])cn3)cs2)c1. The van der Waals surface area contributed by atoms with Crippen LogP contribution in [0, 0.1) is 10.1 Å². The number of benzene rings is 1. The summed E-state index contributed by atoms with van der Waals surface area (Å²) in [6.45, 7) is 2.27. The summed E-state index contributed by atoms with van der Waals surface area (Å²) in [6, 6.07) is 9.14. The van der Waals surface area contributed by atoms with Crippen LogP contribution >= 0.6 is 11.3 Å². The number of ether oxygens (including phenoxy) is 1. The van der Waals surface area contributed by atoms with Crippen molar-refractivity contribution in [3.8, 4) is 5.75 Å². The minimum absolute atomic E-state index is 0.0599. The number of carbonyl (C=O) groups is 1. The van der Waals surface area contributed by atoms with E-state index in [1.165, 1.54) is 28.4 Å². The van der Waals surface area contributed by atoms with Crippen LogP contribution in [0.25, 0.3) is 0 Å². The lowest BCUT2D eigenvalue weighted by Crippen LogP contribution is -2.25. The second-order valence-electron chi connectivity index (χ2n) is 5.94. The first-order valence-corrected chi connectivity index (χ1v) is 9.03. The molecule has 0 radical (unpaired) electrons. The van der Waals surface area contributed by atoms with E-state index in [1.807, 2.05) is 36.6 Å². The van der Waals surface area contributed by atoms with Gasteiger partial charge in [0, 0.05) is 0 Å². The van der Waals surface area contributed by atoms with Crippen molar-refractivity contribution in [2.24, 2.45) is 0 Å². The Morgan fingerprint density at radius 2 is 2.26 bits per heavy atom. The summed E-state index contributed by atoms with van der Waals surface area (Å²) < 4.78 is 6.68. The second-order valence-corrected chi connectivity index (χ2v) is 6.86. The van der Waals surface area contributed by atoms with Crippen molar-refractivity contribution in [3.05, 3.63) is 74.2 Å². The molecule has 0 fully saturated rings. The highest BCUT2D eigenvalue weighted by atomic mass is 32.1. The molecular weight excluding hydrogens is 368 g/mol. The van der Waals surface area contributed by atoms with Gasteiger partial charge in [0.15, 0.2) is 0 Å². The van der Waals surface area contributed by atoms with Crippen molar-refractivity contribution in [1.82, 2.24) is 15.1 Å². The first-order chi connectivity index (χ1) is 13.0. The third-order valence-electron chi connectivity index (χ3n) is 3.99. The fourth-order valence-electron chi connectivity index (χ4n) is 2.56. The summed E-state index contributed by atoms with van der Waals surface area (Å²) in [5, 5.41) is 19.5. The summed E-state index contributed by atoms with van der Waals surface area (Å²) >= 11 is 1.32. The maximum Gasteiger partial charge on any atom is 0.307 e. The molecule has 1 amide bonds. The normalized spacial score (nSPS) is 11.8. The molecule has 27 heavy (non-hydrogen) atoms. The number of amides is 1. The molecule has 3 rings (SSSR count). The van der Waals surface area contributed by atoms with E-state index in [1.54, 1.807) is 13.2 Å². The molecule has 140 valence electrons. The number of thiophene rings is 1. The Kier molecular flexibility index (Phi) is 5.51. The zero-order chi connectivity index (χ0) is 19.4. The number of nitro groups is 1. The average Bonchev–Trinajstić information content (AvgIpc) is 3.32. The monoisotopic (exact) mass is 386 g/mol. The quantitative estimate of drug-likeness (QED) is 0.496. The summed E-state index contributed by atoms with van der Waals surface area (Å²) in [4.78, 5) is 23.3. The third kappa shape index (κ3) is 4.50. The third-order valence-corrected chi connectivity index (χ3v) is 4.97. The fourth-order valence-corrected chi connectivity index (χ4v) is 3.37. The highest BCUT2D eigenvalue weighted by molar-refractivity contribution is 7.12. The van der Waals surface area contributed by atoms with Crippen LogP contribution in [-0.4, -0.2) is 27.7 Å². The van der Waals surface area contributed by atoms with Gasteiger partial charge in [-0.2, -0.15) is 5.10 Å². The van der Waals surface area contributed by atoms with E-state index in [0.717, 1.165) is 16.9 Å². The first-order valence-electron chi connectivity index (χ1n) is 8.15. The zero-order valence-corrected chi connectivity index (χ0v) is 15.6. The van der Waals surface area contributed by atoms with Crippen molar-refractivity contribution in [2.45, 2.75) is 19.5 Å². The second kappa shape index (κ2) is 8.00. The zero-order valence-electron chi connectivity index (χ0n) is 14.8. The molecular formula is C18H18N4O4S. The maximum atomic E-state index is 12.5. The number of hydrogen-bond donors (Lipinski definition) is 1. The summed E-state index contributed by atoms with van der Waals surface area (Å²) in [5.74, 6) is 0.563. The van der Waals surface area contributed by atoms with Crippen LogP contribution in [0.3, 0.4) is 0 Å². The summed E-state index contributed by atoms with van der Waals surface area (Å²) in [6.07, 6.45) is 2.57. The molecule has 0 aliphatic heterocycles. The van der Waals surface area contributed by atoms with Crippen LogP contribution in [0.2, 0.25) is 0 Å². The van der Waals surface area contributed by atoms with E-state index >= 15 is 0 Å². The van der Waals surface area contributed by atoms with Gasteiger partial charge in [-0.3, -0.25) is 19.6 Å². The molecule has 8 nitrogen and oxygen atoms in total. The minimum Gasteiger partial charge on any atom is -0.497 e. The summed E-state index contributed by atoms with van der Waals surface area (Å²) in [7, 11) is 1.60. The van der Waals surface area contributed by atoms with E-state index in [-0.39, 0.29) is 17.6 Å². The van der Waals surface area contributed by atoms with Gasteiger partial charge in [0.25, 0.3) is 5.91 Å². The van der Waals surface area contributed by atoms with Crippen LogP contribution in [-0.2, 0) is 6.54 Å². The topological polar surface area (TPSA) is 99.3 Å². The van der Waals surface area contributed by atoms with Crippen LogP contribution in [0.5, 0.6) is 5.75 Å². The van der Waals surface area contributed by atoms with Crippen molar-refractivity contribution in [1.29, 1.82) is 0 Å². The molecule has 2 aromatic heterocycles. The van der Waals surface area contributed by atoms with E-state index in [0.29, 0.717) is 11.4 Å². The predicted octanol–water partition coefficient (Wildman–Crippen LogP) is 3.40. The Hall–Kier alpha value is -3.20. The lowest BCUT2D eigenvalue weighted by Gasteiger charge is -2.14. The molecule has 0 spiro atoms. The van der Waals surface area contributed by atoms with Gasteiger partial charge in [-0.1, -0.05) is 12.1 Å². The first kappa shape index (κ1) is 18.6. The van der Waals surface area contributed by atoms with Crippen LogP contribution < -0.4 is 10.1 Å². The smallest absolute Gasteiger partial charge is 0.307 e. The molecule has 0 bridgehead atoms. The van der Waals surface area contributed by atoms with Gasteiger partial charge in [0.2, 0.25) is 0 Å². The van der Waals surface area contributed by atoms with Crippen LogP contribution in [0.4, 0.5) is 5.69 Å². The van der Waals surface area contributed by atoms with Gasteiger partial charge in [-0.05, 0) is 41.6 Å². The maximum absolute atomic E-state index is 12.5. The predicted molar refractivity (Wildman–Crippen MR) is 101 cm³/mol. The number of hydrogen-bond acceptors (Lipinski definition) is 6. The average molecular weight is 386 g/mol. The van der Waals surface area contributed by atoms with E-state index in [4.69, 9.17) is 4.74 Å². The Labute approximate surface area is 159 Å². The van der Waals surface area contributed by atoms with Gasteiger partial charge in [0.05, 0.1) is 29.5 Å². The number of rotatable bonds is 7. The van der Waals surface area contributed by atoms with Crippen molar-refractivity contribution < 1.29 is 14.5 Å². The molecule has 0 saturated carbocycles. The highest BCUT2D eigenvalue weighted by Crippen LogP contribution is 2.21. The lowest BCUT2D eigenvalue weighted by atomic mass is 10.1. The largest absolute Gasteiger partial charge is 0.497 e. The lowest BCUT2D eigenvalue weighted by molar-refractivity contribution is -0.385. The molecule has 9 heteroatoms. The van der Waals surface area contributed by atoms with Crippen LogP contribution in [0.1, 0.15) is 33.8 Å². The number of aromatic nitrogens is 2. The van der Waals surface area contributed by atoms with Gasteiger partial charge in [0.1, 0.15) is 18.1 Å². The van der Waals surface area contributed by atoms with E-state index in [2.05, 4.69) is 10.4 Å². The van der Waals surface area contributed by atoms with Crippen molar-refractivity contribution in [2.75, 3.05) is 7.11 Å². The molecule has 3 aromatic rings. The molecule has 1 unspecified atom stereocenters. The molecule has 1 N–H and O–H groups in total. The van der Waals surface area contributed by atoms with Gasteiger partial charge >= 0.3 is 5.69 Å². The molecule has 0 aliphatic rings. The highest BCUT2D eigenvalue weighted by Gasteiger charge is 2.15. The molecule has 2 heterocycles. The Morgan fingerprint density at radius 1 is 1.44 bits per heavy atom. The Balaban J connectivity index is 1.64. The number of methoxy groups -OCH3 is 1. The van der Waals surface area contributed by atoms with E-state index in [9.17, 15) is 14.9 Å². The molecule has 1 atom stereocenters. The number of nitrogens with one attached hydrogen (secondary N) is 1. The molecule has 0 aliphatic carbocycles. The molecule has 1 aromatic carbocycles. The van der Waals surface area contributed by atoms with Crippen molar-refractivity contribution >= 4 is 22.9 Å². The number of carbonyl (C=O) groups excluding carboxylic acids is 1. The summed E-state index contributed by atoms with van der Waals surface area (Å²) in [5.41, 5.74) is 1.75. The van der Waals surface area contributed by atoms with Crippen LogP contribution in [0.15, 0.2) is 48.1 Å². The number of nitrogens with zero attached hydrogens (tertiary/aromatic N) is 3.